The normalized spacial score (nSPS) is 12.3. The standard InChI is InChI=1S/C13H20ClFN2O3S/c1-3-10(4-2)17(5-6-18)21(19,20)12-8-9(16)7-11(14)13(12)15/h7-8,10,18H,3-6,16H2,1-2H3. The van der Waals surface area contributed by atoms with Crippen molar-refractivity contribution in [1.29, 1.82) is 0 Å². The van der Waals surface area contributed by atoms with Crippen LogP contribution in [0.1, 0.15) is 26.7 Å². The van der Waals surface area contributed by atoms with Gasteiger partial charge in [0.1, 0.15) is 4.90 Å². The highest BCUT2D eigenvalue weighted by atomic mass is 35.5. The van der Waals surface area contributed by atoms with Crippen LogP contribution in [-0.4, -0.2) is 37.0 Å². The number of nitrogen functional groups attached to an aromatic ring is 1. The van der Waals surface area contributed by atoms with E-state index in [9.17, 15) is 12.8 Å². The van der Waals surface area contributed by atoms with Crippen molar-refractivity contribution in [3.63, 3.8) is 0 Å². The average Bonchev–Trinajstić information content (AvgIpc) is 2.42. The molecular weight excluding hydrogens is 319 g/mol. The molecule has 0 aliphatic heterocycles. The van der Waals surface area contributed by atoms with Crippen molar-refractivity contribution in [2.24, 2.45) is 0 Å². The summed E-state index contributed by atoms with van der Waals surface area (Å²) >= 11 is 5.67. The van der Waals surface area contributed by atoms with Crippen LogP contribution in [0, 0.1) is 5.82 Å². The van der Waals surface area contributed by atoms with Gasteiger partial charge < -0.3 is 10.8 Å². The van der Waals surface area contributed by atoms with E-state index in [1.807, 2.05) is 13.8 Å². The first kappa shape index (κ1) is 18.2. The van der Waals surface area contributed by atoms with E-state index in [0.717, 1.165) is 16.4 Å². The summed E-state index contributed by atoms with van der Waals surface area (Å²) in [7, 11) is -4.13. The van der Waals surface area contributed by atoms with Crippen LogP contribution < -0.4 is 5.73 Å². The lowest BCUT2D eigenvalue weighted by Gasteiger charge is -2.29. The molecule has 0 heterocycles. The predicted molar refractivity (Wildman–Crippen MR) is 81.2 cm³/mol. The number of nitrogens with zero attached hydrogens (tertiary/aromatic N) is 1. The van der Waals surface area contributed by atoms with Gasteiger partial charge in [0.25, 0.3) is 0 Å². The van der Waals surface area contributed by atoms with Crippen LogP contribution in [0.4, 0.5) is 10.1 Å². The second-order valence-corrected chi connectivity index (χ2v) is 6.89. The summed E-state index contributed by atoms with van der Waals surface area (Å²) in [5, 5.41) is 8.77. The number of aliphatic hydroxyl groups is 1. The van der Waals surface area contributed by atoms with Gasteiger partial charge in [-0.05, 0) is 25.0 Å². The summed E-state index contributed by atoms with van der Waals surface area (Å²) < 4.78 is 40.5. The fraction of sp³-hybridized carbons (Fsp3) is 0.538. The zero-order valence-corrected chi connectivity index (χ0v) is 13.6. The maximum atomic E-state index is 14.1. The quantitative estimate of drug-likeness (QED) is 0.747. The van der Waals surface area contributed by atoms with Crippen molar-refractivity contribution in [3.05, 3.63) is 23.0 Å². The number of sulfonamides is 1. The Morgan fingerprint density at radius 3 is 2.43 bits per heavy atom. The fourth-order valence-corrected chi connectivity index (χ4v) is 4.36. The minimum atomic E-state index is -4.13. The second-order valence-electron chi connectivity index (χ2n) is 4.62. The van der Waals surface area contributed by atoms with Crippen LogP contribution in [0.5, 0.6) is 0 Å². The largest absolute Gasteiger partial charge is 0.399 e. The molecule has 0 saturated heterocycles. The SMILES string of the molecule is CCC(CC)N(CCO)S(=O)(=O)c1cc(N)cc(Cl)c1F. The number of anilines is 1. The van der Waals surface area contributed by atoms with Gasteiger partial charge in [-0.1, -0.05) is 25.4 Å². The smallest absolute Gasteiger partial charge is 0.246 e. The van der Waals surface area contributed by atoms with E-state index < -0.39 is 20.7 Å². The third kappa shape index (κ3) is 3.85. The Bertz CT molecular complexity index is 591. The van der Waals surface area contributed by atoms with Gasteiger partial charge in [0, 0.05) is 18.3 Å². The lowest BCUT2D eigenvalue weighted by molar-refractivity contribution is 0.219. The van der Waals surface area contributed by atoms with Crippen LogP contribution in [0.2, 0.25) is 5.02 Å². The molecule has 1 aromatic rings. The molecule has 3 N–H and O–H groups in total. The van der Waals surface area contributed by atoms with E-state index in [0.29, 0.717) is 12.8 Å². The van der Waals surface area contributed by atoms with Crippen LogP contribution in [0.25, 0.3) is 0 Å². The Kier molecular flexibility index (Phi) is 6.40. The average molecular weight is 339 g/mol. The molecule has 0 amide bonds. The molecule has 0 unspecified atom stereocenters. The maximum absolute atomic E-state index is 14.1. The predicted octanol–water partition coefficient (Wildman–Crippen LogP) is 2.23. The molecule has 0 fully saturated rings. The van der Waals surface area contributed by atoms with Gasteiger partial charge >= 0.3 is 0 Å². The van der Waals surface area contributed by atoms with Gasteiger partial charge in [-0.3, -0.25) is 0 Å². The van der Waals surface area contributed by atoms with Gasteiger partial charge in [0.15, 0.2) is 5.82 Å². The van der Waals surface area contributed by atoms with Crippen molar-refractivity contribution in [2.45, 2.75) is 37.6 Å². The van der Waals surface area contributed by atoms with Gasteiger partial charge in [0.05, 0.1) is 11.6 Å². The Hall–Kier alpha value is -0.890. The van der Waals surface area contributed by atoms with Crippen LogP contribution in [-0.2, 0) is 10.0 Å². The first-order chi connectivity index (χ1) is 9.79. The van der Waals surface area contributed by atoms with Crippen molar-refractivity contribution in [1.82, 2.24) is 4.31 Å². The second kappa shape index (κ2) is 7.40. The number of hydrogen-bond donors (Lipinski definition) is 2. The summed E-state index contributed by atoms with van der Waals surface area (Å²) in [5.41, 5.74) is 5.62. The molecule has 0 atom stereocenters. The summed E-state index contributed by atoms with van der Waals surface area (Å²) in [6.45, 7) is 3.20. The zero-order chi connectivity index (χ0) is 16.2. The van der Waals surface area contributed by atoms with Gasteiger partial charge in [-0.15, -0.1) is 0 Å². The number of benzene rings is 1. The van der Waals surface area contributed by atoms with Crippen LogP contribution in [0.3, 0.4) is 0 Å². The van der Waals surface area contributed by atoms with Crippen molar-refractivity contribution < 1.29 is 17.9 Å². The first-order valence-electron chi connectivity index (χ1n) is 6.66. The molecule has 21 heavy (non-hydrogen) atoms. The van der Waals surface area contributed by atoms with Gasteiger partial charge in [0.2, 0.25) is 10.0 Å². The number of halogens is 2. The summed E-state index contributed by atoms with van der Waals surface area (Å²) in [6.07, 6.45) is 1.10. The van der Waals surface area contributed by atoms with E-state index >= 15 is 0 Å². The minimum Gasteiger partial charge on any atom is -0.399 e. The highest BCUT2D eigenvalue weighted by Crippen LogP contribution is 2.29. The summed E-state index contributed by atoms with van der Waals surface area (Å²) in [5.74, 6) is -1.03. The maximum Gasteiger partial charge on any atom is 0.246 e. The highest BCUT2D eigenvalue weighted by Gasteiger charge is 2.32. The number of hydrogen-bond acceptors (Lipinski definition) is 4. The molecule has 0 spiro atoms. The Balaban J connectivity index is 3.42. The summed E-state index contributed by atoms with van der Waals surface area (Å²) in [6, 6.07) is 1.87. The summed E-state index contributed by atoms with van der Waals surface area (Å²) in [4.78, 5) is -0.562. The first-order valence-corrected chi connectivity index (χ1v) is 8.48. The molecule has 0 aliphatic carbocycles. The number of nitrogens with two attached hydrogens (primary N) is 1. The van der Waals surface area contributed by atoms with Gasteiger partial charge in [-0.2, -0.15) is 4.31 Å². The van der Waals surface area contributed by atoms with Crippen LogP contribution in [0.15, 0.2) is 17.0 Å². The number of rotatable bonds is 7. The fourth-order valence-electron chi connectivity index (χ4n) is 2.19. The molecule has 0 bridgehead atoms. The molecule has 120 valence electrons. The molecule has 0 aromatic heterocycles. The highest BCUT2D eigenvalue weighted by molar-refractivity contribution is 7.89. The Labute approximate surface area is 129 Å². The molecular formula is C13H20ClFN2O3S. The third-order valence-corrected chi connectivity index (χ3v) is 5.50. The van der Waals surface area contributed by atoms with E-state index in [1.54, 1.807) is 0 Å². The molecule has 0 aliphatic rings. The monoisotopic (exact) mass is 338 g/mol. The topological polar surface area (TPSA) is 83.6 Å². The lowest BCUT2D eigenvalue weighted by Crippen LogP contribution is -2.41. The third-order valence-electron chi connectivity index (χ3n) is 3.27. The molecule has 1 rings (SSSR count). The van der Waals surface area contributed by atoms with Crippen molar-refractivity contribution in [3.8, 4) is 0 Å². The van der Waals surface area contributed by atoms with E-state index in [-0.39, 0.29) is 29.9 Å². The van der Waals surface area contributed by atoms with E-state index in [1.165, 1.54) is 0 Å². The molecule has 5 nitrogen and oxygen atoms in total. The van der Waals surface area contributed by atoms with E-state index in [4.69, 9.17) is 22.4 Å². The van der Waals surface area contributed by atoms with Crippen molar-refractivity contribution >= 4 is 27.3 Å². The zero-order valence-electron chi connectivity index (χ0n) is 12.0. The number of aliphatic hydroxyl groups excluding tert-OH is 1. The molecule has 8 heteroatoms. The Morgan fingerprint density at radius 2 is 1.95 bits per heavy atom. The molecule has 1 aromatic carbocycles. The molecule has 0 radical (unpaired) electrons. The van der Waals surface area contributed by atoms with Crippen molar-refractivity contribution in [2.75, 3.05) is 18.9 Å². The molecule has 0 saturated carbocycles. The van der Waals surface area contributed by atoms with E-state index in [2.05, 4.69) is 0 Å². The minimum absolute atomic E-state index is 0.0634. The van der Waals surface area contributed by atoms with Gasteiger partial charge in [-0.25, -0.2) is 12.8 Å². The van der Waals surface area contributed by atoms with Crippen LogP contribution >= 0.6 is 11.6 Å². The Morgan fingerprint density at radius 1 is 1.38 bits per heavy atom. The lowest BCUT2D eigenvalue weighted by atomic mass is 10.2.